The number of carbonyl (C=O) groups is 3. The number of hydrogen-bond donors (Lipinski definition) is 2. The van der Waals surface area contributed by atoms with Crippen molar-refractivity contribution < 1.29 is 34.3 Å². The molecule has 1 saturated heterocycles. The van der Waals surface area contributed by atoms with Crippen LogP contribution in [0.5, 0.6) is 5.75 Å². The largest absolute Gasteiger partial charge is 0.480 e. The van der Waals surface area contributed by atoms with E-state index in [1.54, 1.807) is 23.0 Å². The van der Waals surface area contributed by atoms with Crippen LogP contribution in [0.25, 0.3) is 22.5 Å². The Kier molecular flexibility index (Phi) is 11.5. The summed E-state index contributed by atoms with van der Waals surface area (Å²) in [6, 6.07) is 13.3. The molecule has 0 atom stereocenters. The number of fused-ring (bicyclic) bond motifs is 8. The van der Waals surface area contributed by atoms with E-state index < -0.39 is 16.9 Å². The number of rotatable bonds is 8. The maximum atomic E-state index is 11.9. The van der Waals surface area contributed by atoms with Gasteiger partial charge in [0.25, 0.3) is 12.2 Å². The zero-order chi connectivity index (χ0) is 36.6. The van der Waals surface area contributed by atoms with Gasteiger partial charge in [-0.05, 0) is 41.5 Å². The number of carboxylic acid groups (broad SMARTS) is 2. The summed E-state index contributed by atoms with van der Waals surface area (Å²) < 4.78 is 6.70. The molecule has 52 heavy (non-hydrogen) atoms. The summed E-state index contributed by atoms with van der Waals surface area (Å²) in [5.41, 5.74) is 3.93. The molecule has 0 spiro atoms. The second-order valence-electron chi connectivity index (χ2n) is 12.7. The van der Waals surface area contributed by atoms with E-state index in [0.29, 0.717) is 99.4 Å². The third-order valence-corrected chi connectivity index (χ3v) is 8.97. The minimum atomic E-state index is -0.937. The molecule has 1 aromatic carbocycles. The number of aromatic nitrogens is 5. The lowest BCUT2D eigenvalue weighted by atomic mass is 10.0. The quantitative estimate of drug-likeness (QED) is 0.149. The molecule has 0 unspecified atom stereocenters. The maximum Gasteiger partial charge on any atom is 0.317 e. The number of aliphatic carboxylic acids is 2. The van der Waals surface area contributed by atoms with Gasteiger partial charge in [0.05, 0.1) is 59.6 Å². The van der Waals surface area contributed by atoms with Gasteiger partial charge in [0.15, 0.2) is 0 Å². The van der Waals surface area contributed by atoms with Crippen LogP contribution in [0, 0.1) is 10.1 Å². The Labute approximate surface area is 298 Å². The van der Waals surface area contributed by atoms with Crippen LogP contribution in [0.3, 0.4) is 0 Å². The van der Waals surface area contributed by atoms with E-state index in [1.807, 2.05) is 28.0 Å². The lowest BCUT2D eigenvalue weighted by molar-refractivity contribution is -0.384. The van der Waals surface area contributed by atoms with Crippen LogP contribution in [-0.4, -0.2) is 144 Å². The van der Waals surface area contributed by atoms with Crippen molar-refractivity contribution >= 4 is 24.1 Å². The van der Waals surface area contributed by atoms with Crippen LogP contribution in [0.2, 0.25) is 0 Å². The monoisotopic (exact) mass is 714 g/mol. The van der Waals surface area contributed by atoms with Gasteiger partial charge in [-0.2, -0.15) is 0 Å². The highest BCUT2D eigenvalue weighted by atomic mass is 16.6. The zero-order valence-corrected chi connectivity index (χ0v) is 28.3. The third-order valence-electron chi connectivity index (χ3n) is 8.97. The molecule has 4 aromatic rings. The number of benzene rings is 1. The van der Waals surface area contributed by atoms with Crippen LogP contribution >= 0.6 is 0 Å². The number of nitrogens with zero attached hydrogens (tertiary/aromatic N) is 10. The lowest BCUT2D eigenvalue weighted by Gasteiger charge is -2.33. The van der Waals surface area contributed by atoms with Gasteiger partial charge < -0.3 is 14.9 Å². The predicted octanol–water partition coefficient (Wildman–Crippen LogP) is 1.30. The Morgan fingerprint density at radius 2 is 1.38 bits per heavy atom. The first-order valence-corrected chi connectivity index (χ1v) is 16.7. The van der Waals surface area contributed by atoms with E-state index in [9.17, 15) is 34.7 Å². The Morgan fingerprint density at radius 3 is 1.98 bits per heavy atom. The number of carboxylic acids is 2. The van der Waals surface area contributed by atoms with Gasteiger partial charge in [-0.25, -0.2) is 9.67 Å². The molecule has 18 heteroatoms. The number of non-ortho nitro benzene ring substituents is 1. The van der Waals surface area contributed by atoms with Crippen LogP contribution in [0.15, 0.2) is 54.7 Å². The van der Waals surface area contributed by atoms with Crippen molar-refractivity contribution in [2.24, 2.45) is 0 Å². The van der Waals surface area contributed by atoms with Gasteiger partial charge in [-0.1, -0.05) is 11.3 Å². The van der Waals surface area contributed by atoms with E-state index in [-0.39, 0.29) is 37.5 Å². The maximum absolute atomic E-state index is 11.9. The standard InChI is InChI=1S/C34H38N10O8/c45-23-52-30-15-25(14-29(16-30)44(50)51)24-12-27-19-40-6-10-41(21-33(46)47)8-4-39(5-9-42(11-7-40)22-34(48)49)18-26-2-1-3-31(37-26)32-17-35-38-43(32)20-28(13-24)36-27/h1-3,12-17,23H,4-11,18-22H2,(H,46,47)(H,48,49). The van der Waals surface area contributed by atoms with Crippen molar-refractivity contribution in [3.8, 4) is 28.3 Å². The number of hydrogen-bond acceptors (Lipinski definition) is 14. The minimum Gasteiger partial charge on any atom is -0.480 e. The number of nitro benzene ring substituents is 1. The minimum absolute atomic E-state index is 0.00347. The van der Waals surface area contributed by atoms with Crippen molar-refractivity contribution in [3.63, 3.8) is 0 Å². The van der Waals surface area contributed by atoms with E-state index in [2.05, 4.69) is 20.1 Å². The normalized spacial score (nSPS) is 18.8. The Morgan fingerprint density at radius 1 is 0.788 bits per heavy atom. The van der Waals surface area contributed by atoms with Crippen LogP contribution in [0.4, 0.5) is 5.69 Å². The molecule has 0 aliphatic carbocycles. The summed E-state index contributed by atoms with van der Waals surface area (Å²) in [5, 5.41) is 39.8. The van der Waals surface area contributed by atoms with E-state index in [1.165, 1.54) is 18.2 Å². The van der Waals surface area contributed by atoms with Crippen molar-refractivity contribution in [2.75, 3.05) is 65.4 Å². The highest BCUT2D eigenvalue weighted by Crippen LogP contribution is 2.31. The smallest absolute Gasteiger partial charge is 0.317 e. The summed E-state index contributed by atoms with van der Waals surface area (Å²) >= 11 is 0. The molecule has 0 amide bonds. The van der Waals surface area contributed by atoms with Gasteiger partial charge in [0.1, 0.15) is 11.4 Å². The fourth-order valence-electron chi connectivity index (χ4n) is 6.45. The zero-order valence-electron chi connectivity index (χ0n) is 28.3. The van der Waals surface area contributed by atoms with Crippen molar-refractivity contribution in [1.82, 2.24) is 44.6 Å². The van der Waals surface area contributed by atoms with Crippen molar-refractivity contribution in [1.29, 1.82) is 0 Å². The molecule has 0 saturated carbocycles. The van der Waals surface area contributed by atoms with E-state index in [0.717, 1.165) is 5.69 Å². The van der Waals surface area contributed by atoms with Crippen molar-refractivity contribution in [2.45, 2.75) is 19.6 Å². The molecular formula is C34H38N10O8. The molecule has 3 aromatic heterocycles. The Bertz CT molecular complexity index is 1910. The molecular weight excluding hydrogens is 676 g/mol. The van der Waals surface area contributed by atoms with Gasteiger partial charge in [-0.3, -0.25) is 49.1 Å². The first-order valence-electron chi connectivity index (χ1n) is 16.7. The second-order valence-corrected chi connectivity index (χ2v) is 12.7. The predicted molar refractivity (Wildman–Crippen MR) is 184 cm³/mol. The second kappa shape index (κ2) is 16.6. The summed E-state index contributed by atoms with van der Waals surface area (Å²) in [4.78, 5) is 64.2. The number of nitro groups is 1. The number of ether oxygens (including phenoxy) is 1. The molecule has 18 nitrogen and oxygen atoms in total. The molecule has 7 rings (SSSR count). The van der Waals surface area contributed by atoms with E-state index >= 15 is 0 Å². The van der Waals surface area contributed by atoms with Crippen LogP contribution < -0.4 is 4.74 Å². The fraction of sp³-hybridized carbons (Fsp3) is 0.382. The van der Waals surface area contributed by atoms with Crippen molar-refractivity contribution in [3.05, 3.63) is 81.9 Å². The highest BCUT2D eigenvalue weighted by Gasteiger charge is 2.22. The third kappa shape index (κ3) is 9.55. The van der Waals surface area contributed by atoms with Gasteiger partial charge in [-0.15, -0.1) is 5.10 Å². The first kappa shape index (κ1) is 36.1. The molecule has 3 aliphatic rings. The topological polar surface area (TPSA) is 213 Å². The molecule has 1 fully saturated rings. The fourth-order valence-corrected chi connectivity index (χ4v) is 6.45. The highest BCUT2D eigenvalue weighted by molar-refractivity contribution is 5.70. The molecule has 272 valence electrons. The van der Waals surface area contributed by atoms with Crippen LogP contribution in [-0.2, 0) is 34.0 Å². The summed E-state index contributed by atoms with van der Waals surface area (Å²) in [7, 11) is 0. The molecule has 2 N–H and O–H groups in total. The molecule has 6 heterocycles. The summed E-state index contributed by atoms with van der Waals surface area (Å²) in [6.45, 7) is 4.62. The van der Waals surface area contributed by atoms with Gasteiger partial charge in [0, 0.05) is 71.5 Å². The number of carbonyl (C=O) groups excluding carboxylic acids is 1. The molecule has 3 aliphatic heterocycles. The van der Waals surface area contributed by atoms with Crippen LogP contribution in [0.1, 0.15) is 17.1 Å². The number of pyridine rings is 2. The average molecular weight is 715 g/mol. The first-order chi connectivity index (χ1) is 25.1. The van der Waals surface area contributed by atoms with E-state index in [4.69, 9.17) is 14.7 Å². The average Bonchev–Trinajstić information content (AvgIpc) is 3.56. The molecule has 6 bridgehead atoms. The summed E-state index contributed by atoms with van der Waals surface area (Å²) in [6.07, 6.45) is 1.62. The van der Waals surface area contributed by atoms with Gasteiger partial charge in [0.2, 0.25) is 0 Å². The molecule has 0 radical (unpaired) electrons. The summed E-state index contributed by atoms with van der Waals surface area (Å²) in [5.74, 6) is -1.87. The Balaban J connectivity index is 1.49. The SMILES string of the molecule is O=COc1cc(-c2cc3nc(c2)Cn2nncc2-c2cccc(n2)CN2CCN(CC(=O)O)CCN(CCN(CC(=O)O)CC2)C3)cc([N+](=O)[O-])c1. The lowest BCUT2D eigenvalue weighted by Crippen LogP contribution is -2.47. The van der Waals surface area contributed by atoms with Gasteiger partial charge >= 0.3 is 11.9 Å². The Hall–Kier alpha value is -5.69.